The van der Waals surface area contributed by atoms with Gasteiger partial charge in [0.2, 0.25) is 0 Å². The molecule has 4 rings (SSSR count). The number of anilines is 1. The number of aryl methyl sites for hydroxylation is 2. The maximum absolute atomic E-state index is 12.7. The summed E-state index contributed by atoms with van der Waals surface area (Å²) in [6, 6.07) is 13.3. The average Bonchev–Trinajstić information content (AvgIpc) is 3.45. The molecule has 8 nitrogen and oxygen atoms in total. The fourth-order valence-corrected chi connectivity index (χ4v) is 3.91. The molecule has 0 atom stereocenters. The van der Waals surface area contributed by atoms with Crippen LogP contribution in [0.5, 0.6) is 0 Å². The van der Waals surface area contributed by atoms with Gasteiger partial charge >= 0.3 is 5.97 Å². The predicted octanol–water partition coefficient (Wildman–Crippen LogP) is 4.00. The second-order valence-electron chi connectivity index (χ2n) is 7.82. The lowest BCUT2D eigenvalue weighted by Gasteiger charge is -2.14. The van der Waals surface area contributed by atoms with E-state index in [1.807, 2.05) is 32.0 Å². The number of furan rings is 1. The van der Waals surface area contributed by atoms with E-state index >= 15 is 0 Å². The highest BCUT2D eigenvalue weighted by atomic mass is 16.5. The van der Waals surface area contributed by atoms with E-state index in [2.05, 4.69) is 5.32 Å². The molecule has 0 bridgehead atoms. The summed E-state index contributed by atoms with van der Waals surface area (Å²) in [7, 11) is 0. The van der Waals surface area contributed by atoms with Gasteiger partial charge in [0.15, 0.2) is 6.61 Å². The van der Waals surface area contributed by atoms with Gasteiger partial charge in [0.05, 0.1) is 29.5 Å². The minimum absolute atomic E-state index is 0.00171. The van der Waals surface area contributed by atoms with Crippen molar-refractivity contribution >= 4 is 29.4 Å². The van der Waals surface area contributed by atoms with Crippen molar-refractivity contribution in [3.05, 3.63) is 88.4 Å². The minimum atomic E-state index is -0.762. The molecule has 34 heavy (non-hydrogen) atoms. The van der Waals surface area contributed by atoms with Crippen LogP contribution in [-0.2, 0) is 28.9 Å². The first-order valence-electron chi connectivity index (χ1n) is 11.0. The number of carbonyl (C=O) groups excluding carboxylic acids is 4. The van der Waals surface area contributed by atoms with Crippen molar-refractivity contribution < 1.29 is 28.3 Å². The standard InChI is InChI=1S/C26H24N2O6/c1-3-16-7-5-8-17(4-2)23(16)27-22(29)15-34-26(32)18-10-11-20-21(13-18)25(31)28(24(20)30)14-19-9-6-12-33-19/h5-13H,3-4,14-15H2,1-2H3,(H,27,29). The van der Waals surface area contributed by atoms with Gasteiger partial charge in [-0.2, -0.15) is 0 Å². The molecule has 8 heteroatoms. The maximum Gasteiger partial charge on any atom is 0.338 e. The molecule has 1 aliphatic heterocycles. The number of amides is 3. The van der Waals surface area contributed by atoms with Gasteiger partial charge in [0.1, 0.15) is 5.76 Å². The summed E-state index contributed by atoms with van der Waals surface area (Å²) in [6.07, 6.45) is 2.96. The van der Waals surface area contributed by atoms with E-state index in [-0.39, 0.29) is 23.2 Å². The third-order valence-electron chi connectivity index (χ3n) is 5.70. The SMILES string of the molecule is CCc1cccc(CC)c1NC(=O)COC(=O)c1ccc2c(c1)C(=O)N(Cc1ccco1)C2=O. The van der Waals surface area contributed by atoms with E-state index in [0.29, 0.717) is 5.76 Å². The fourth-order valence-electron chi connectivity index (χ4n) is 3.91. The predicted molar refractivity (Wildman–Crippen MR) is 123 cm³/mol. The molecule has 0 unspecified atom stereocenters. The zero-order valence-corrected chi connectivity index (χ0v) is 18.9. The number of hydrogen-bond donors (Lipinski definition) is 1. The first kappa shape index (κ1) is 23.0. The molecule has 2 heterocycles. The van der Waals surface area contributed by atoms with Crippen molar-refractivity contribution in [2.75, 3.05) is 11.9 Å². The molecule has 3 aromatic rings. The van der Waals surface area contributed by atoms with Gasteiger partial charge < -0.3 is 14.5 Å². The molecule has 0 saturated heterocycles. The van der Waals surface area contributed by atoms with E-state index in [1.54, 1.807) is 12.1 Å². The minimum Gasteiger partial charge on any atom is -0.467 e. The second kappa shape index (κ2) is 9.74. The Morgan fingerprint density at radius 3 is 2.29 bits per heavy atom. The van der Waals surface area contributed by atoms with E-state index in [4.69, 9.17) is 9.15 Å². The van der Waals surface area contributed by atoms with Crippen LogP contribution in [0.2, 0.25) is 0 Å². The number of nitrogens with zero attached hydrogens (tertiary/aromatic N) is 1. The molecule has 1 aromatic heterocycles. The Bertz CT molecular complexity index is 1240. The van der Waals surface area contributed by atoms with E-state index in [9.17, 15) is 19.2 Å². The molecule has 0 saturated carbocycles. The molecule has 1 aliphatic rings. The van der Waals surface area contributed by atoms with Crippen LogP contribution in [0.1, 0.15) is 61.8 Å². The van der Waals surface area contributed by atoms with Crippen LogP contribution in [0, 0.1) is 0 Å². The zero-order valence-electron chi connectivity index (χ0n) is 18.9. The summed E-state index contributed by atoms with van der Waals surface area (Å²) < 4.78 is 10.4. The van der Waals surface area contributed by atoms with Gasteiger partial charge in [0, 0.05) is 5.69 Å². The molecule has 2 aromatic carbocycles. The summed E-state index contributed by atoms with van der Waals surface area (Å²) in [5, 5.41) is 2.84. The van der Waals surface area contributed by atoms with Gasteiger partial charge in [-0.3, -0.25) is 19.3 Å². The molecule has 1 N–H and O–H groups in total. The largest absolute Gasteiger partial charge is 0.467 e. The van der Waals surface area contributed by atoms with Crippen LogP contribution in [0.15, 0.2) is 59.2 Å². The number of para-hydroxylation sites is 1. The number of carbonyl (C=O) groups is 4. The van der Waals surface area contributed by atoms with Crippen LogP contribution < -0.4 is 5.32 Å². The van der Waals surface area contributed by atoms with E-state index in [1.165, 1.54) is 24.5 Å². The summed E-state index contributed by atoms with van der Waals surface area (Å²) in [5.41, 5.74) is 3.14. The average molecular weight is 460 g/mol. The molecular weight excluding hydrogens is 436 g/mol. The molecule has 0 fully saturated rings. The highest BCUT2D eigenvalue weighted by molar-refractivity contribution is 6.21. The number of rotatable bonds is 8. The summed E-state index contributed by atoms with van der Waals surface area (Å²) >= 11 is 0. The monoisotopic (exact) mass is 460 g/mol. The Morgan fingerprint density at radius 2 is 1.65 bits per heavy atom. The van der Waals surface area contributed by atoms with Gasteiger partial charge in [-0.05, 0) is 54.3 Å². The normalized spacial score (nSPS) is 12.6. The van der Waals surface area contributed by atoms with Crippen molar-refractivity contribution in [1.29, 1.82) is 0 Å². The van der Waals surface area contributed by atoms with E-state index in [0.717, 1.165) is 34.6 Å². The van der Waals surface area contributed by atoms with Gasteiger partial charge in [-0.25, -0.2) is 4.79 Å². The Morgan fingerprint density at radius 1 is 0.941 bits per heavy atom. The highest BCUT2D eigenvalue weighted by Crippen LogP contribution is 2.26. The molecule has 174 valence electrons. The number of nitrogens with one attached hydrogen (secondary N) is 1. The first-order chi connectivity index (χ1) is 16.4. The Hall–Kier alpha value is -4.20. The molecular formula is C26H24N2O6. The second-order valence-corrected chi connectivity index (χ2v) is 7.82. The Balaban J connectivity index is 1.42. The number of esters is 1. The Kier molecular flexibility index (Phi) is 6.58. The third-order valence-corrected chi connectivity index (χ3v) is 5.70. The number of benzene rings is 2. The van der Waals surface area contributed by atoms with Gasteiger partial charge in [0.25, 0.3) is 17.7 Å². The summed E-state index contributed by atoms with van der Waals surface area (Å²) in [5.74, 6) is -1.73. The third kappa shape index (κ3) is 4.47. The fraction of sp³-hybridized carbons (Fsp3) is 0.231. The molecule has 0 spiro atoms. The molecule has 0 radical (unpaired) electrons. The number of ether oxygens (including phenoxy) is 1. The van der Waals surface area contributed by atoms with Crippen molar-refractivity contribution in [3.8, 4) is 0 Å². The van der Waals surface area contributed by atoms with Crippen LogP contribution in [0.4, 0.5) is 5.69 Å². The molecule has 3 amide bonds. The van der Waals surface area contributed by atoms with Crippen molar-refractivity contribution in [1.82, 2.24) is 4.90 Å². The quantitative estimate of drug-likeness (QED) is 0.402. The summed E-state index contributed by atoms with van der Waals surface area (Å²) in [4.78, 5) is 51.4. The lowest BCUT2D eigenvalue weighted by atomic mass is 10.0. The first-order valence-corrected chi connectivity index (χ1v) is 11.0. The number of hydrogen-bond acceptors (Lipinski definition) is 6. The van der Waals surface area contributed by atoms with Crippen molar-refractivity contribution in [2.45, 2.75) is 33.2 Å². The Labute approximate surface area is 196 Å². The number of fused-ring (bicyclic) bond motifs is 1. The van der Waals surface area contributed by atoms with Crippen LogP contribution >= 0.6 is 0 Å². The summed E-state index contributed by atoms with van der Waals surface area (Å²) in [6.45, 7) is 3.52. The topological polar surface area (TPSA) is 106 Å². The van der Waals surface area contributed by atoms with Crippen molar-refractivity contribution in [3.63, 3.8) is 0 Å². The van der Waals surface area contributed by atoms with E-state index < -0.39 is 30.3 Å². The number of imide groups is 1. The van der Waals surface area contributed by atoms with Crippen molar-refractivity contribution in [2.24, 2.45) is 0 Å². The smallest absolute Gasteiger partial charge is 0.338 e. The van der Waals surface area contributed by atoms with Crippen LogP contribution in [-0.4, -0.2) is 35.2 Å². The zero-order chi connectivity index (χ0) is 24.2. The lowest BCUT2D eigenvalue weighted by molar-refractivity contribution is -0.119. The maximum atomic E-state index is 12.7. The van der Waals surface area contributed by atoms with Crippen LogP contribution in [0.25, 0.3) is 0 Å². The van der Waals surface area contributed by atoms with Crippen LogP contribution in [0.3, 0.4) is 0 Å². The van der Waals surface area contributed by atoms with Gasteiger partial charge in [-0.15, -0.1) is 0 Å². The lowest BCUT2D eigenvalue weighted by Crippen LogP contribution is -2.28. The molecule has 0 aliphatic carbocycles. The van der Waals surface area contributed by atoms with Gasteiger partial charge in [-0.1, -0.05) is 32.0 Å². The highest BCUT2D eigenvalue weighted by Gasteiger charge is 2.36.